The van der Waals surface area contributed by atoms with Crippen LogP contribution in [0.25, 0.3) is 0 Å². The van der Waals surface area contributed by atoms with Gasteiger partial charge in [0.1, 0.15) is 0 Å². The first-order valence-corrected chi connectivity index (χ1v) is 8.29. The number of aryl methyl sites for hydroxylation is 1. The molecule has 0 saturated heterocycles. The van der Waals surface area contributed by atoms with Crippen molar-refractivity contribution in [2.24, 2.45) is 4.99 Å². The number of guanidine groups is 1. The van der Waals surface area contributed by atoms with Crippen LogP contribution in [0.4, 0.5) is 0 Å². The largest absolute Gasteiger partial charge is 0.353 e. The third kappa shape index (κ3) is 4.50. The van der Waals surface area contributed by atoms with Crippen LogP contribution in [-0.4, -0.2) is 19.0 Å². The van der Waals surface area contributed by atoms with E-state index in [1.165, 1.54) is 23.1 Å². The van der Waals surface area contributed by atoms with Crippen molar-refractivity contribution in [3.05, 3.63) is 71.3 Å². The fourth-order valence-electron chi connectivity index (χ4n) is 3.12. The molecule has 3 atom stereocenters. The highest BCUT2D eigenvalue weighted by atomic mass is 127. The van der Waals surface area contributed by atoms with Crippen molar-refractivity contribution in [3.8, 4) is 0 Å². The zero-order valence-electron chi connectivity index (χ0n) is 14.5. The van der Waals surface area contributed by atoms with Gasteiger partial charge in [-0.25, -0.2) is 0 Å². The molecule has 3 rings (SSSR count). The molecule has 1 saturated carbocycles. The molecule has 1 fully saturated rings. The third-order valence-electron chi connectivity index (χ3n) is 4.57. The number of nitrogens with zero attached hydrogens (tertiary/aromatic N) is 1. The first kappa shape index (κ1) is 18.8. The molecule has 24 heavy (non-hydrogen) atoms. The summed E-state index contributed by atoms with van der Waals surface area (Å²) < 4.78 is 0. The van der Waals surface area contributed by atoms with Crippen LogP contribution in [0, 0.1) is 6.92 Å². The second-order valence-corrected chi connectivity index (χ2v) is 6.30. The van der Waals surface area contributed by atoms with Crippen molar-refractivity contribution in [1.29, 1.82) is 0 Å². The van der Waals surface area contributed by atoms with Crippen LogP contribution in [0.1, 0.15) is 42.0 Å². The average molecular weight is 435 g/mol. The maximum Gasteiger partial charge on any atom is 0.191 e. The molecule has 0 radical (unpaired) electrons. The highest BCUT2D eigenvalue weighted by Gasteiger charge is 2.38. The average Bonchev–Trinajstić information content (AvgIpc) is 3.34. The van der Waals surface area contributed by atoms with E-state index in [2.05, 4.69) is 84.1 Å². The van der Waals surface area contributed by atoms with Crippen LogP contribution in [-0.2, 0) is 0 Å². The monoisotopic (exact) mass is 435 g/mol. The number of rotatable bonds is 4. The van der Waals surface area contributed by atoms with E-state index in [1.54, 1.807) is 0 Å². The van der Waals surface area contributed by atoms with Crippen molar-refractivity contribution in [3.63, 3.8) is 0 Å². The lowest BCUT2D eigenvalue weighted by Gasteiger charge is -2.20. The summed E-state index contributed by atoms with van der Waals surface area (Å²) in [4.78, 5) is 4.39. The maximum atomic E-state index is 4.39. The molecule has 3 unspecified atom stereocenters. The Morgan fingerprint density at radius 2 is 1.75 bits per heavy atom. The minimum absolute atomic E-state index is 0. The van der Waals surface area contributed by atoms with Gasteiger partial charge in [-0.3, -0.25) is 4.99 Å². The molecule has 128 valence electrons. The Balaban J connectivity index is 0.00000208. The lowest BCUT2D eigenvalue weighted by molar-refractivity contribution is 0.678. The summed E-state index contributed by atoms with van der Waals surface area (Å²) in [5.74, 6) is 1.48. The van der Waals surface area contributed by atoms with Gasteiger partial charge in [-0.05, 0) is 37.0 Å². The molecule has 0 amide bonds. The minimum atomic E-state index is 0. The van der Waals surface area contributed by atoms with Gasteiger partial charge >= 0.3 is 0 Å². The van der Waals surface area contributed by atoms with E-state index in [4.69, 9.17) is 0 Å². The summed E-state index contributed by atoms with van der Waals surface area (Å²) >= 11 is 0. The molecule has 2 N–H and O–H groups in total. The Bertz CT molecular complexity index is 684. The van der Waals surface area contributed by atoms with Crippen molar-refractivity contribution >= 4 is 29.9 Å². The SMILES string of the molecule is CN=C(NC(C)c1ccccc1C)NC1CC1c1ccccc1.I. The Labute approximate surface area is 162 Å². The molecule has 1 aliphatic rings. The van der Waals surface area contributed by atoms with Crippen molar-refractivity contribution in [2.45, 2.75) is 38.3 Å². The molecule has 2 aromatic carbocycles. The van der Waals surface area contributed by atoms with E-state index in [1.807, 2.05) is 7.05 Å². The van der Waals surface area contributed by atoms with E-state index < -0.39 is 0 Å². The van der Waals surface area contributed by atoms with Crippen LogP contribution in [0.2, 0.25) is 0 Å². The van der Waals surface area contributed by atoms with Crippen LogP contribution in [0.15, 0.2) is 59.6 Å². The predicted octanol–water partition coefficient (Wildman–Crippen LogP) is 4.40. The van der Waals surface area contributed by atoms with Crippen LogP contribution >= 0.6 is 24.0 Å². The predicted molar refractivity (Wildman–Crippen MR) is 112 cm³/mol. The van der Waals surface area contributed by atoms with Crippen molar-refractivity contribution < 1.29 is 0 Å². The van der Waals surface area contributed by atoms with E-state index in [9.17, 15) is 0 Å². The zero-order chi connectivity index (χ0) is 16.2. The highest BCUT2D eigenvalue weighted by molar-refractivity contribution is 14.0. The van der Waals surface area contributed by atoms with Gasteiger partial charge in [0.2, 0.25) is 0 Å². The van der Waals surface area contributed by atoms with Crippen LogP contribution in [0.3, 0.4) is 0 Å². The molecule has 0 aliphatic heterocycles. The van der Waals surface area contributed by atoms with Gasteiger partial charge in [0.05, 0.1) is 6.04 Å². The molecule has 0 heterocycles. The summed E-state index contributed by atoms with van der Waals surface area (Å²) in [6.45, 7) is 4.33. The van der Waals surface area contributed by atoms with Gasteiger partial charge in [-0.15, -0.1) is 24.0 Å². The fourth-order valence-corrected chi connectivity index (χ4v) is 3.12. The minimum Gasteiger partial charge on any atom is -0.353 e. The molecular weight excluding hydrogens is 409 g/mol. The molecule has 2 aromatic rings. The molecule has 0 spiro atoms. The quantitative estimate of drug-likeness (QED) is 0.425. The zero-order valence-corrected chi connectivity index (χ0v) is 16.8. The van der Waals surface area contributed by atoms with Gasteiger partial charge in [-0.1, -0.05) is 54.6 Å². The molecule has 0 bridgehead atoms. The third-order valence-corrected chi connectivity index (χ3v) is 4.57. The number of nitrogens with one attached hydrogen (secondary N) is 2. The molecular formula is C20H26IN3. The standard InChI is InChI=1S/C20H25N3.HI/c1-14-9-7-8-12-17(14)15(2)22-20(21-3)23-19-13-18(19)16-10-5-4-6-11-16;/h4-12,15,18-19H,13H2,1-3H3,(H2,21,22,23);1H. The molecule has 3 nitrogen and oxygen atoms in total. The molecule has 1 aliphatic carbocycles. The first-order chi connectivity index (χ1) is 11.2. The molecule has 0 aromatic heterocycles. The van der Waals surface area contributed by atoms with E-state index >= 15 is 0 Å². The van der Waals surface area contributed by atoms with Gasteiger partial charge < -0.3 is 10.6 Å². The van der Waals surface area contributed by atoms with Crippen molar-refractivity contribution in [1.82, 2.24) is 10.6 Å². The first-order valence-electron chi connectivity index (χ1n) is 8.29. The number of hydrogen-bond donors (Lipinski definition) is 2. The maximum absolute atomic E-state index is 4.39. The fraction of sp³-hybridized carbons (Fsp3) is 0.350. The second-order valence-electron chi connectivity index (χ2n) is 6.30. The number of benzene rings is 2. The summed E-state index contributed by atoms with van der Waals surface area (Å²) in [6.07, 6.45) is 1.17. The number of halogens is 1. The Morgan fingerprint density at radius 1 is 1.08 bits per heavy atom. The smallest absolute Gasteiger partial charge is 0.191 e. The summed E-state index contributed by atoms with van der Waals surface area (Å²) in [5.41, 5.74) is 4.02. The normalized spacial score (nSPS) is 20.7. The van der Waals surface area contributed by atoms with E-state index in [-0.39, 0.29) is 30.0 Å². The van der Waals surface area contributed by atoms with Gasteiger partial charge in [-0.2, -0.15) is 0 Å². The van der Waals surface area contributed by atoms with Crippen LogP contribution in [0.5, 0.6) is 0 Å². The summed E-state index contributed by atoms with van der Waals surface area (Å²) in [7, 11) is 1.83. The molecule has 4 heteroatoms. The highest BCUT2D eigenvalue weighted by Crippen LogP contribution is 2.40. The lowest BCUT2D eigenvalue weighted by atomic mass is 10.0. The number of hydrogen-bond acceptors (Lipinski definition) is 1. The van der Waals surface area contributed by atoms with Gasteiger partial charge in [0.25, 0.3) is 0 Å². The van der Waals surface area contributed by atoms with E-state index in [0.717, 1.165) is 5.96 Å². The second kappa shape index (κ2) is 8.51. The topological polar surface area (TPSA) is 36.4 Å². The summed E-state index contributed by atoms with van der Waals surface area (Å²) in [6, 6.07) is 19.9. The van der Waals surface area contributed by atoms with E-state index in [0.29, 0.717) is 12.0 Å². The number of aliphatic imine (C=N–C) groups is 1. The van der Waals surface area contributed by atoms with Crippen LogP contribution < -0.4 is 10.6 Å². The van der Waals surface area contributed by atoms with Gasteiger partial charge in [0.15, 0.2) is 5.96 Å². The Kier molecular flexibility index (Phi) is 6.66. The Hall–Kier alpha value is -1.56. The Morgan fingerprint density at radius 3 is 2.42 bits per heavy atom. The lowest BCUT2D eigenvalue weighted by Crippen LogP contribution is -2.40. The van der Waals surface area contributed by atoms with Crippen molar-refractivity contribution in [2.75, 3.05) is 7.05 Å². The van der Waals surface area contributed by atoms with Gasteiger partial charge in [0, 0.05) is 19.0 Å². The summed E-state index contributed by atoms with van der Waals surface area (Å²) in [5, 5.41) is 7.05.